The van der Waals surface area contributed by atoms with E-state index in [0.29, 0.717) is 19.1 Å². The second-order valence-corrected chi connectivity index (χ2v) is 7.53. The van der Waals surface area contributed by atoms with Crippen LogP contribution in [0.4, 0.5) is 0 Å². The summed E-state index contributed by atoms with van der Waals surface area (Å²) in [5.41, 5.74) is 1.05. The zero-order valence-electron chi connectivity index (χ0n) is 16.1. The van der Waals surface area contributed by atoms with Gasteiger partial charge in [-0.25, -0.2) is 0 Å². The van der Waals surface area contributed by atoms with Gasteiger partial charge in [0.25, 0.3) is 0 Å². The lowest BCUT2D eigenvalue weighted by atomic mass is 9.97. The van der Waals surface area contributed by atoms with E-state index in [1.165, 1.54) is 0 Å². The Bertz CT molecular complexity index is 856. The summed E-state index contributed by atoms with van der Waals surface area (Å²) in [4.78, 5) is 5.51. The Morgan fingerprint density at radius 3 is 2.57 bits per heavy atom. The molecule has 0 spiro atoms. The lowest BCUT2D eigenvalue weighted by Crippen LogP contribution is -2.41. The molecule has 2 heterocycles. The number of para-hydroxylation sites is 2. The van der Waals surface area contributed by atoms with Crippen molar-refractivity contribution in [2.24, 2.45) is 5.92 Å². The fraction of sp³-hybridized carbons (Fsp3) is 0.391. The normalized spacial score (nSPS) is 16.9. The Kier molecular flexibility index (Phi) is 6.14. The van der Waals surface area contributed by atoms with Crippen molar-refractivity contribution >= 4 is 10.9 Å². The van der Waals surface area contributed by atoms with Gasteiger partial charge in [0.1, 0.15) is 24.2 Å². The van der Waals surface area contributed by atoms with Crippen LogP contribution in [0.3, 0.4) is 0 Å². The first kappa shape index (κ1) is 18.8. The Labute approximate surface area is 165 Å². The third kappa shape index (κ3) is 4.86. The van der Waals surface area contributed by atoms with Crippen molar-refractivity contribution in [2.75, 3.05) is 32.8 Å². The van der Waals surface area contributed by atoms with Crippen molar-refractivity contribution in [2.45, 2.75) is 18.9 Å². The van der Waals surface area contributed by atoms with Crippen molar-refractivity contribution in [1.82, 2.24) is 9.88 Å². The maximum Gasteiger partial charge on any atom is 0.144 e. The number of rotatable bonds is 8. The zero-order chi connectivity index (χ0) is 19.2. The third-order valence-electron chi connectivity index (χ3n) is 5.39. The number of benzene rings is 2. The number of H-pyrrole nitrogens is 1. The molecule has 1 atom stereocenters. The van der Waals surface area contributed by atoms with Crippen molar-refractivity contribution in [3.8, 4) is 11.5 Å². The predicted octanol–water partition coefficient (Wildman–Crippen LogP) is 3.70. The molecular weight excluding hydrogens is 352 g/mol. The van der Waals surface area contributed by atoms with Gasteiger partial charge in [-0.15, -0.1) is 0 Å². The lowest BCUT2D eigenvalue weighted by molar-refractivity contribution is 0.0507. The number of hydrogen-bond acceptors (Lipinski definition) is 4. The van der Waals surface area contributed by atoms with Gasteiger partial charge in [-0.3, -0.25) is 0 Å². The second-order valence-electron chi connectivity index (χ2n) is 7.53. The van der Waals surface area contributed by atoms with Gasteiger partial charge in [-0.05, 0) is 56.1 Å². The highest BCUT2D eigenvalue weighted by Crippen LogP contribution is 2.25. The molecule has 2 aromatic carbocycles. The summed E-state index contributed by atoms with van der Waals surface area (Å²) in [6.07, 6.45) is 3.56. The van der Waals surface area contributed by atoms with Crippen LogP contribution in [0, 0.1) is 5.92 Å². The fourth-order valence-electron chi connectivity index (χ4n) is 3.77. The molecular formula is C23H28N2O3. The minimum atomic E-state index is -0.495. The number of piperidine rings is 1. The molecule has 148 valence electrons. The van der Waals surface area contributed by atoms with E-state index >= 15 is 0 Å². The SMILES string of the molecule is OC(COc1c[nH]c2ccccc12)CN1CCC(COc2ccccc2)CC1. The second kappa shape index (κ2) is 9.13. The van der Waals surface area contributed by atoms with Crippen LogP contribution < -0.4 is 9.47 Å². The minimum Gasteiger partial charge on any atom is -0.493 e. The van der Waals surface area contributed by atoms with Crippen LogP contribution in [0.1, 0.15) is 12.8 Å². The number of hydrogen-bond donors (Lipinski definition) is 2. The summed E-state index contributed by atoms with van der Waals surface area (Å²) in [7, 11) is 0. The number of ether oxygens (including phenoxy) is 2. The monoisotopic (exact) mass is 380 g/mol. The van der Waals surface area contributed by atoms with Gasteiger partial charge in [-0.1, -0.05) is 30.3 Å². The Morgan fingerprint density at radius 2 is 1.75 bits per heavy atom. The fourth-order valence-corrected chi connectivity index (χ4v) is 3.77. The molecule has 2 N–H and O–H groups in total. The highest BCUT2D eigenvalue weighted by molar-refractivity contribution is 5.85. The molecule has 1 aliphatic rings. The molecule has 0 saturated carbocycles. The molecule has 0 amide bonds. The van der Waals surface area contributed by atoms with E-state index in [4.69, 9.17) is 9.47 Å². The van der Waals surface area contributed by atoms with E-state index in [1.807, 2.05) is 60.8 Å². The molecule has 0 bridgehead atoms. The third-order valence-corrected chi connectivity index (χ3v) is 5.39. The minimum absolute atomic E-state index is 0.304. The summed E-state index contributed by atoms with van der Waals surface area (Å²) in [6.45, 7) is 3.71. The van der Waals surface area contributed by atoms with E-state index in [2.05, 4.69) is 9.88 Å². The van der Waals surface area contributed by atoms with Crippen LogP contribution in [0.25, 0.3) is 10.9 Å². The molecule has 4 rings (SSSR count). The molecule has 1 fully saturated rings. The van der Waals surface area contributed by atoms with Gasteiger partial charge in [0, 0.05) is 23.6 Å². The van der Waals surface area contributed by atoms with Crippen LogP contribution >= 0.6 is 0 Å². The standard InChI is InChI=1S/C23H28N2O3/c26-19(17-28-23-14-24-22-9-5-4-8-21(22)23)15-25-12-10-18(11-13-25)16-27-20-6-2-1-3-7-20/h1-9,14,18-19,24,26H,10-13,15-17H2. The number of likely N-dealkylation sites (tertiary alicyclic amines) is 1. The Hall–Kier alpha value is -2.50. The molecule has 5 nitrogen and oxygen atoms in total. The van der Waals surface area contributed by atoms with E-state index in [1.54, 1.807) is 0 Å². The van der Waals surface area contributed by atoms with Crippen LogP contribution in [0.2, 0.25) is 0 Å². The molecule has 3 aromatic rings. The smallest absolute Gasteiger partial charge is 0.144 e. The molecule has 28 heavy (non-hydrogen) atoms. The van der Waals surface area contributed by atoms with Gasteiger partial charge in [0.05, 0.1) is 6.61 Å². The molecule has 1 unspecified atom stereocenters. The van der Waals surface area contributed by atoms with E-state index in [-0.39, 0.29) is 0 Å². The van der Waals surface area contributed by atoms with Gasteiger partial charge in [-0.2, -0.15) is 0 Å². The highest BCUT2D eigenvalue weighted by atomic mass is 16.5. The van der Waals surface area contributed by atoms with Gasteiger partial charge in [0.15, 0.2) is 0 Å². The predicted molar refractivity (Wildman–Crippen MR) is 111 cm³/mol. The Morgan fingerprint density at radius 1 is 1.00 bits per heavy atom. The van der Waals surface area contributed by atoms with E-state index in [0.717, 1.165) is 54.9 Å². The number of aliphatic hydroxyl groups is 1. The molecule has 0 aliphatic carbocycles. The first-order valence-electron chi connectivity index (χ1n) is 10.0. The number of aliphatic hydroxyl groups excluding tert-OH is 1. The summed E-state index contributed by atoms with van der Waals surface area (Å²) < 4.78 is 11.7. The molecule has 1 aliphatic heterocycles. The molecule has 5 heteroatoms. The molecule has 0 radical (unpaired) electrons. The van der Waals surface area contributed by atoms with Crippen LogP contribution in [0.5, 0.6) is 11.5 Å². The zero-order valence-corrected chi connectivity index (χ0v) is 16.1. The first-order chi connectivity index (χ1) is 13.8. The van der Waals surface area contributed by atoms with Crippen molar-refractivity contribution < 1.29 is 14.6 Å². The number of nitrogens with zero attached hydrogens (tertiary/aromatic N) is 1. The molecule has 1 saturated heterocycles. The van der Waals surface area contributed by atoms with Crippen LogP contribution in [0.15, 0.2) is 60.8 Å². The van der Waals surface area contributed by atoms with Crippen LogP contribution in [-0.4, -0.2) is 53.9 Å². The maximum absolute atomic E-state index is 10.4. The van der Waals surface area contributed by atoms with Gasteiger partial charge < -0.3 is 24.5 Å². The average Bonchev–Trinajstić information content (AvgIpc) is 3.16. The van der Waals surface area contributed by atoms with E-state index < -0.39 is 6.10 Å². The van der Waals surface area contributed by atoms with Crippen molar-refractivity contribution in [1.29, 1.82) is 0 Å². The number of aromatic nitrogens is 1. The number of fused-ring (bicyclic) bond motifs is 1. The highest BCUT2D eigenvalue weighted by Gasteiger charge is 2.22. The summed E-state index contributed by atoms with van der Waals surface area (Å²) >= 11 is 0. The maximum atomic E-state index is 10.4. The number of β-amino-alcohol motifs (C(OH)–C–C–N with tert-alkyl or cyclic N) is 1. The van der Waals surface area contributed by atoms with Gasteiger partial charge in [0.2, 0.25) is 0 Å². The van der Waals surface area contributed by atoms with Gasteiger partial charge >= 0.3 is 0 Å². The lowest BCUT2D eigenvalue weighted by Gasteiger charge is -2.33. The number of aromatic amines is 1. The van der Waals surface area contributed by atoms with Crippen molar-refractivity contribution in [3.05, 3.63) is 60.8 Å². The first-order valence-corrected chi connectivity index (χ1v) is 10.0. The largest absolute Gasteiger partial charge is 0.493 e. The quantitative estimate of drug-likeness (QED) is 0.626. The van der Waals surface area contributed by atoms with Crippen LogP contribution in [-0.2, 0) is 0 Å². The average molecular weight is 380 g/mol. The molecule has 1 aromatic heterocycles. The summed E-state index contributed by atoms with van der Waals surface area (Å²) in [5.74, 6) is 2.32. The number of nitrogens with one attached hydrogen (secondary N) is 1. The topological polar surface area (TPSA) is 57.7 Å². The van der Waals surface area contributed by atoms with E-state index in [9.17, 15) is 5.11 Å². The van der Waals surface area contributed by atoms with Crippen molar-refractivity contribution in [3.63, 3.8) is 0 Å². The summed E-state index contributed by atoms with van der Waals surface area (Å²) in [6, 6.07) is 18.0. The summed E-state index contributed by atoms with van der Waals surface area (Å²) in [5, 5.41) is 11.4. The Balaban J connectivity index is 1.17.